The second-order valence-corrected chi connectivity index (χ2v) is 13.7. The summed E-state index contributed by atoms with van der Waals surface area (Å²) in [5.74, 6) is -3.15. The quantitative estimate of drug-likeness (QED) is 0.0713. The lowest BCUT2D eigenvalue weighted by Gasteiger charge is -2.25. The van der Waals surface area contributed by atoms with Crippen molar-refractivity contribution in [2.24, 2.45) is 0 Å². The highest BCUT2D eigenvalue weighted by Crippen LogP contribution is 2.20. The monoisotopic (exact) mass is 726 g/mol. The lowest BCUT2D eigenvalue weighted by molar-refractivity contribution is 0.207. The van der Waals surface area contributed by atoms with E-state index >= 15 is 0 Å². The number of nitrogens with zero attached hydrogens (tertiary/aromatic N) is 2. The molecule has 52 heavy (non-hydrogen) atoms. The molecule has 0 aliphatic heterocycles. The van der Waals surface area contributed by atoms with Gasteiger partial charge in [0.2, 0.25) is 0 Å². The molecule has 0 aliphatic rings. The Morgan fingerprint density at radius 1 is 0.500 bits per heavy atom. The van der Waals surface area contributed by atoms with Crippen LogP contribution in [0, 0.1) is 23.3 Å². The van der Waals surface area contributed by atoms with Gasteiger partial charge in [-0.1, -0.05) is 128 Å². The minimum absolute atomic E-state index is 0.0960. The number of carbonyl (C=O) groups is 2. The van der Waals surface area contributed by atoms with Gasteiger partial charge in [-0.3, -0.25) is 0 Å². The van der Waals surface area contributed by atoms with Gasteiger partial charge in [0, 0.05) is 38.3 Å². The topological polar surface area (TPSA) is 64.7 Å². The van der Waals surface area contributed by atoms with Crippen LogP contribution >= 0.6 is 0 Å². The minimum atomic E-state index is -0.849. The molecule has 10 heteroatoms. The molecule has 0 radical (unpaired) electrons. The second kappa shape index (κ2) is 24.2. The van der Waals surface area contributed by atoms with E-state index in [2.05, 4.69) is 24.5 Å². The highest BCUT2D eigenvalue weighted by Gasteiger charge is 2.19. The number of carbonyl (C=O) groups excluding carboxylic acids is 2. The minimum Gasteiger partial charge on any atom is -0.320 e. The number of urea groups is 2. The number of amides is 4. The lowest BCUT2D eigenvalue weighted by Crippen LogP contribution is -2.36. The summed E-state index contributed by atoms with van der Waals surface area (Å²) in [6, 6.07) is 12.7. The number of unbranched alkanes of at least 4 members (excludes halogenated alkanes) is 14. The van der Waals surface area contributed by atoms with E-state index in [1.54, 1.807) is 9.80 Å². The molecule has 3 aromatic rings. The molecule has 0 unspecified atom stereocenters. The average Bonchev–Trinajstić information content (AvgIpc) is 3.12. The first kappa shape index (κ1) is 42.3. The zero-order valence-electron chi connectivity index (χ0n) is 31.1. The van der Waals surface area contributed by atoms with Crippen molar-refractivity contribution < 1.29 is 27.2 Å². The van der Waals surface area contributed by atoms with Crippen molar-refractivity contribution in [3.05, 3.63) is 95.1 Å². The molecule has 2 N–H and O–H groups in total. The zero-order chi connectivity index (χ0) is 37.6. The first-order chi connectivity index (χ1) is 25.2. The molecule has 0 atom stereocenters. The first-order valence-electron chi connectivity index (χ1n) is 19.3. The number of anilines is 2. The molecule has 6 nitrogen and oxygen atoms in total. The van der Waals surface area contributed by atoms with E-state index in [1.807, 2.05) is 24.3 Å². The molecular formula is C42H58F4N4O2. The van der Waals surface area contributed by atoms with Crippen LogP contribution in [0.15, 0.2) is 60.7 Å². The van der Waals surface area contributed by atoms with Crippen LogP contribution in [-0.2, 0) is 13.1 Å². The molecule has 0 spiro atoms. The zero-order valence-corrected chi connectivity index (χ0v) is 31.1. The third kappa shape index (κ3) is 16.1. The summed E-state index contributed by atoms with van der Waals surface area (Å²) in [5.41, 5.74) is 1.45. The van der Waals surface area contributed by atoms with E-state index in [0.29, 0.717) is 13.1 Å². The molecule has 0 aliphatic carbocycles. The molecule has 4 amide bonds. The van der Waals surface area contributed by atoms with Crippen LogP contribution in [0.5, 0.6) is 0 Å². The van der Waals surface area contributed by atoms with Crippen molar-refractivity contribution in [3.8, 4) is 0 Å². The van der Waals surface area contributed by atoms with Crippen molar-refractivity contribution >= 4 is 23.4 Å². The van der Waals surface area contributed by atoms with E-state index in [0.717, 1.165) is 86.8 Å². The number of rotatable bonds is 24. The number of hydrogen-bond acceptors (Lipinski definition) is 2. The van der Waals surface area contributed by atoms with Gasteiger partial charge in [0.25, 0.3) is 0 Å². The maximum Gasteiger partial charge on any atom is 0.322 e. The Morgan fingerprint density at radius 2 is 0.865 bits per heavy atom. The summed E-state index contributed by atoms with van der Waals surface area (Å²) in [6.07, 6.45) is 17.6. The third-order valence-corrected chi connectivity index (χ3v) is 9.22. The van der Waals surface area contributed by atoms with E-state index in [-0.39, 0.29) is 24.5 Å². The van der Waals surface area contributed by atoms with Gasteiger partial charge in [-0.25, -0.2) is 27.2 Å². The van der Waals surface area contributed by atoms with Crippen molar-refractivity contribution in [3.63, 3.8) is 0 Å². The van der Waals surface area contributed by atoms with Crippen LogP contribution in [-0.4, -0.2) is 35.0 Å². The Bertz CT molecular complexity index is 1400. The highest BCUT2D eigenvalue weighted by molar-refractivity contribution is 5.90. The smallest absolute Gasteiger partial charge is 0.320 e. The van der Waals surface area contributed by atoms with E-state index in [1.165, 1.54) is 63.5 Å². The maximum atomic E-state index is 14.4. The molecule has 0 aromatic heterocycles. The fourth-order valence-corrected chi connectivity index (χ4v) is 6.22. The van der Waals surface area contributed by atoms with E-state index < -0.39 is 35.3 Å². The molecule has 286 valence electrons. The Labute approximate surface area is 308 Å². The van der Waals surface area contributed by atoms with E-state index in [4.69, 9.17) is 0 Å². The van der Waals surface area contributed by atoms with Crippen LogP contribution in [0.4, 0.5) is 38.5 Å². The molecule has 0 saturated carbocycles. The molecule has 0 fully saturated rings. The van der Waals surface area contributed by atoms with Crippen LogP contribution in [0.1, 0.15) is 128 Å². The van der Waals surface area contributed by atoms with Gasteiger partial charge in [-0.05, 0) is 48.2 Å². The van der Waals surface area contributed by atoms with Crippen molar-refractivity contribution in [1.29, 1.82) is 0 Å². The Morgan fingerprint density at radius 3 is 1.23 bits per heavy atom. The summed E-state index contributed by atoms with van der Waals surface area (Å²) in [6.45, 7) is 5.76. The first-order valence-corrected chi connectivity index (χ1v) is 19.3. The van der Waals surface area contributed by atoms with Gasteiger partial charge in [0.1, 0.15) is 23.3 Å². The maximum absolute atomic E-state index is 14.4. The van der Waals surface area contributed by atoms with Gasteiger partial charge < -0.3 is 20.4 Å². The SMILES string of the molecule is CCCCCCCCCCN(Cc1cccc(CN(CCCCCCCCCC)C(=O)Nc2ccc(F)cc2F)c1)C(=O)Nc1ccc(F)cc1F. The summed E-state index contributed by atoms with van der Waals surface area (Å²) in [4.78, 5) is 30.2. The molecule has 0 saturated heterocycles. The fraction of sp³-hybridized carbons (Fsp3) is 0.524. The van der Waals surface area contributed by atoms with Gasteiger partial charge in [0.05, 0.1) is 11.4 Å². The van der Waals surface area contributed by atoms with Crippen LogP contribution in [0.25, 0.3) is 0 Å². The number of halogens is 4. The van der Waals surface area contributed by atoms with Crippen LogP contribution < -0.4 is 10.6 Å². The van der Waals surface area contributed by atoms with Gasteiger partial charge in [0.15, 0.2) is 0 Å². The number of hydrogen-bond donors (Lipinski definition) is 2. The summed E-state index contributed by atoms with van der Waals surface area (Å²) < 4.78 is 55.9. The normalized spacial score (nSPS) is 11.0. The molecule has 0 bridgehead atoms. The predicted molar refractivity (Wildman–Crippen MR) is 203 cm³/mol. The summed E-state index contributed by atoms with van der Waals surface area (Å²) in [7, 11) is 0. The van der Waals surface area contributed by atoms with Crippen LogP contribution in [0.2, 0.25) is 0 Å². The standard InChI is InChI=1S/C42H58F4N4O2/c1-3-5-7-9-11-13-15-17-26-49(41(51)47-39-24-22-35(43)29-37(39)45)31-33-20-19-21-34(28-33)32-50(27-18-16-14-12-10-8-6-4-2)42(52)48-40-25-23-36(44)30-38(40)46/h19-25,28-30H,3-18,26-27,31-32H2,1-2H3,(H,47,51)(H,48,52). The van der Waals surface area contributed by atoms with Crippen molar-refractivity contribution in [2.75, 3.05) is 23.7 Å². The third-order valence-electron chi connectivity index (χ3n) is 9.22. The Kier molecular flexibility index (Phi) is 19.7. The van der Waals surface area contributed by atoms with Crippen LogP contribution in [0.3, 0.4) is 0 Å². The Hall–Kier alpha value is -4.08. The number of benzene rings is 3. The second-order valence-electron chi connectivity index (χ2n) is 13.7. The Balaban J connectivity index is 1.70. The highest BCUT2D eigenvalue weighted by atomic mass is 19.1. The summed E-state index contributed by atoms with van der Waals surface area (Å²) >= 11 is 0. The average molecular weight is 727 g/mol. The molecule has 3 aromatic carbocycles. The van der Waals surface area contributed by atoms with Crippen molar-refractivity contribution in [1.82, 2.24) is 9.80 Å². The molecule has 0 heterocycles. The fourth-order valence-electron chi connectivity index (χ4n) is 6.22. The van der Waals surface area contributed by atoms with Gasteiger partial charge in [-0.15, -0.1) is 0 Å². The number of nitrogens with one attached hydrogen (secondary N) is 2. The summed E-state index contributed by atoms with van der Waals surface area (Å²) in [5, 5.41) is 5.21. The predicted octanol–water partition coefficient (Wildman–Crippen LogP) is 12.6. The largest absolute Gasteiger partial charge is 0.322 e. The van der Waals surface area contributed by atoms with E-state index in [9.17, 15) is 27.2 Å². The van der Waals surface area contributed by atoms with Gasteiger partial charge in [-0.2, -0.15) is 0 Å². The molecular weight excluding hydrogens is 668 g/mol. The van der Waals surface area contributed by atoms with Crippen molar-refractivity contribution in [2.45, 2.75) is 130 Å². The molecule has 3 rings (SSSR count). The lowest BCUT2D eigenvalue weighted by atomic mass is 10.1. The van der Waals surface area contributed by atoms with Gasteiger partial charge >= 0.3 is 12.1 Å².